The van der Waals surface area contributed by atoms with E-state index in [1.54, 1.807) is 19.1 Å². The number of aromatic nitrogens is 1. The van der Waals surface area contributed by atoms with Crippen molar-refractivity contribution in [3.63, 3.8) is 0 Å². The highest BCUT2D eigenvalue weighted by Crippen LogP contribution is 2.21. The van der Waals surface area contributed by atoms with E-state index in [0.29, 0.717) is 5.69 Å². The summed E-state index contributed by atoms with van der Waals surface area (Å²) in [6, 6.07) is 3.38. The van der Waals surface area contributed by atoms with E-state index in [4.69, 9.17) is 17.3 Å². The van der Waals surface area contributed by atoms with Gasteiger partial charge >= 0.3 is 0 Å². The zero-order valence-electron chi connectivity index (χ0n) is 7.81. The quantitative estimate of drug-likeness (QED) is 0.647. The molecule has 0 radical (unpaired) electrons. The predicted molar refractivity (Wildman–Crippen MR) is 55.1 cm³/mol. The molecule has 1 heterocycles. The van der Waals surface area contributed by atoms with E-state index in [-0.39, 0.29) is 11.6 Å². The van der Waals surface area contributed by atoms with Crippen molar-refractivity contribution in [3.8, 4) is 0 Å². The number of pyridine rings is 1. The molecule has 1 aromatic heterocycles. The molecule has 0 bridgehead atoms. The SMILES string of the molecule is Cc1ccc(N)c(C(O)C(O)CCl)n1. The van der Waals surface area contributed by atoms with Crippen molar-refractivity contribution in [1.82, 2.24) is 4.98 Å². The zero-order valence-corrected chi connectivity index (χ0v) is 8.57. The van der Waals surface area contributed by atoms with Crippen LogP contribution in [-0.2, 0) is 0 Å². The Morgan fingerprint density at radius 3 is 2.71 bits per heavy atom. The van der Waals surface area contributed by atoms with Gasteiger partial charge in [0.1, 0.15) is 6.10 Å². The van der Waals surface area contributed by atoms with Crippen molar-refractivity contribution in [2.24, 2.45) is 0 Å². The van der Waals surface area contributed by atoms with Gasteiger partial charge in [-0.25, -0.2) is 0 Å². The van der Waals surface area contributed by atoms with E-state index in [2.05, 4.69) is 4.98 Å². The van der Waals surface area contributed by atoms with Crippen LogP contribution >= 0.6 is 11.6 Å². The first kappa shape index (κ1) is 11.2. The molecule has 4 nitrogen and oxygen atoms in total. The number of aliphatic hydroxyl groups is 2. The number of hydrogen-bond acceptors (Lipinski definition) is 4. The monoisotopic (exact) mass is 216 g/mol. The fraction of sp³-hybridized carbons (Fsp3) is 0.444. The first-order chi connectivity index (χ1) is 6.56. The summed E-state index contributed by atoms with van der Waals surface area (Å²) in [5, 5.41) is 18.9. The molecular weight excluding hydrogens is 204 g/mol. The van der Waals surface area contributed by atoms with Crippen LogP contribution in [-0.4, -0.2) is 27.2 Å². The summed E-state index contributed by atoms with van der Waals surface area (Å²) in [5.41, 5.74) is 6.97. The van der Waals surface area contributed by atoms with Gasteiger partial charge in [-0.3, -0.25) is 4.98 Å². The third-order valence-corrected chi connectivity index (χ3v) is 2.22. The number of nitrogens with zero attached hydrogens (tertiary/aromatic N) is 1. The van der Waals surface area contributed by atoms with Crippen molar-refractivity contribution in [2.75, 3.05) is 11.6 Å². The van der Waals surface area contributed by atoms with Gasteiger partial charge in [0, 0.05) is 5.69 Å². The summed E-state index contributed by atoms with van der Waals surface area (Å²) >= 11 is 5.41. The van der Waals surface area contributed by atoms with Gasteiger partial charge in [0.05, 0.1) is 23.4 Å². The Morgan fingerprint density at radius 2 is 2.14 bits per heavy atom. The smallest absolute Gasteiger partial charge is 0.125 e. The second kappa shape index (κ2) is 4.59. The molecule has 14 heavy (non-hydrogen) atoms. The molecule has 78 valence electrons. The van der Waals surface area contributed by atoms with Crippen molar-refractivity contribution in [3.05, 3.63) is 23.5 Å². The number of anilines is 1. The van der Waals surface area contributed by atoms with Gasteiger partial charge in [-0.05, 0) is 19.1 Å². The fourth-order valence-electron chi connectivity index (χ4n) is 1.09. The van der Waals surface area contributed by atoms with E-state index < -0.39 is 12.2 Å². The van der Waals surface area contributed by atoms with E-state index in [1.165, 1.54) is 0 Å². The first-order valence-corrected chi connectivity index (χ1v) is 4.75. The first-order valence-electron chi connectivity index (χ1n) is 4.21. The van der Waals surface area contributed by atoms with E-state index in [0.717, 1.165) is 5.69 Å². The lowest BCUT2D eigenvalue weighted by molar-refractivity contribution is 0.0304. The molecule has 0 aliphatic carbocycles. The maximum atomic E-state index is 9.62. The Kier molecular flexibility index (Phi) is 3.69. The molecule has 0 aromatic carbocycles. The van der Waals surface area contributed by atoms with Gasteiger partial charge in [-0.2, -0.15) is 0 Å². The van der Waals surface area contributed by atoms with Crippen LogP contribution in [0.25, 0.3) is 0 Å². The number of aliphatic hydroxyl groups excluding tert-OH is 2. The average molecular weight is 217 g/mol. The van der Waals surface area contributed by atoms with Crippen LogP contribution in [0.1, 0.15) is 17.5 Å². The molecular formula is C9H13ClN2O2. The lowest BCUT2D eigenvalue weighted by Crippen LogP contribution is -2.22. The van der Waals surface area contributed by atoms with Crippen LogP contribution in [0.2, 0.25) is 0 Å². The maximum Gasteiger partial charge on any atom is 0.125 e. The van der Waals surface area contributed by atoms with Crippen molar-refractivity contribution < 1.29 is 10.2 Å². The normalized spacial score (nSPS) is 15.1. The predicted octanol–water partition coefficient (Wildman–Crippen LogP) is 0.605. The fourth-order valence-corrected chi connectivity index (χ4v) is 1.26. The van der Waals surface area contributed by atoms with Gasteiger partial charge in [0.25, 0.3) is 0 Å². The lowest BCUT2D eigenvalue weighted by atomic mass is 10.1. The molecule has 5 heteroatoms. The second-order valence-corrected chi connectivity index (χ2v) is 3.40. The third-order valence-electron chi connectivity index (χ3n) is 1.90. The standard InChI is InChI=1S/C9H13ClN2O2/c1-5-2-3-6(11)8(12-5)9(14)7(13)4-10/h2-3,7,9,13-14H,4,11H2,1H3. The number of nitrogen functional groups attached to an aromatic ring is 1. The molecule has 1 rings (SSSR count). The third kappa shape index (κ3) is 2.35. The van der Waals surface area contributed by atoms with Crippen LogP contribution in [0.15, 0.2) is 12.1 Å². The summed E-state index contributed by atoms with van der Waals surface area (Å²) < 4.78 is 0. The summed E-state index contributed by atoms with van der Waals surface area (Å²) in [7, 11) is 0. The summed E-state index contributed by atoms with van der Waals surface area (Å²) in [4.78, 5) is 4.05. The summed E-state index contributed by atoms with van der Waals surface area (Å²) in [5.74, 6) is -0.0593. The Hall–Kier alpha value is -0.840. The molecule has 0 aliphatic rings. The van der Waals surface area contributed by atoms with Gasteiger partial charge in [-0.15, -0.1) is 11.6 Å². The minimum Gasteiger partial charge on any atom is -0.397 e. The summed E-state index contributed by atoms with van der Waals surface area (Å²) in [6.07, 6.45) is -2.18. The zero-order chi connectivity index (χ0) is 10.7. The number of aryl methyl sites for hydroxylation is 1. The van der Waals surface area contributed by atoms with Crippen LogP contribution < -0.4 is 5.73 Å². The molecule has 0 saturated heterocycles. The van der Waals surface area contributed by atoms with E-state index >= 15 is 0 Å². The molecule has 0 fully saturated rings. The molecule has 0 amide bonds. The molecule has 2 unspecified atom stereocenters. The van der Waals surface area contributed by atoms with Crippen LogP contribution in [0.4, 0.5) is 5.69 Å². The minimum absolute atomic E-state index is 0.0593. The minimum atomic E-state index is -1.13. The van der Waals surface area contributed by atoms with Crippen molar-refractivity contribution >= 4 is 17.3 Å². The molecule has 1 aromatic rings. The molecule has 0 aliphatic heterocycles. The Labute approximate surface area is 87.3 Å². The van der Waals surface area contributed by atoms with Crippen molar-refractivity contribution in [2.45, 2.75) is 19.1 Å². The van der Waals surface area contributed by atoms with Crippen LogP contribution in [0.3, 0.4) is 0 Å². The van der Waals surface area contributed by atoms with Crippen LogP contribution in [0, 0.1) is 6.92 Å². The largest absolute Gasteiger partial charge is 0.397 e. The molecule has 0 saturated carbocycles. The second-order valence-electron chi connectivity index (χ2n) is 3.09. The Balaban J connectivity index is 2.99. The van der Waals surface area contributed by atoms with Crippen molar-refractivity contribution in [1.29, 1.82) is 0 Å². The highest BCUT2D eigenvalue weighted by molar-refractivity contribution is 6.18. The maximum absolute atomic E-state index is 9.62. The van der Waals surface area contributed by atoms with E-state index in [9.17, 15) is 10.2 Å². The van der Waals surface area contributed by atoms with Gasteiger partial charge in [0.15, 0.2) is 0 Å². The van der Waals surface area contributed by atoms with Gasteiger partial charge in [-0.1, -0.05) is 0 Å². The number of alkyl halides is 1. The highest BCUT2D eigenvalue weighted by Gasteiger charge is 2.20. The highest BCUT2D eigenvalue weighted by atomic mass is 35.5. The molecule has 4 N–H and O–H groups in total. The number of nitrogens with two attached hydrogens (primary N) is 1. The average Bonchev–Trinajstić information content (AvgIpc) is 2.19. The molecule has 2 atom stereocenters. The van der Waals surface area contributed by atoms with E-state index in [1.807, 2.05) is 0 Å². The van der Waals surface area contributed by atoms with Gasteiger partial charge < -0.3 is 15.9 Å². The number of halogens is 1. The summed E-state index contributed by atoms with van der Waals surface area (Å²) in [6.45, 7) is 1.78. The Bertz CT molecular complexity index is 320. The number of hydrogen-bond donors (Lipinski definition) is 3. The molecule has 0 spiro atoms. The Morgan fingerprint density at radius 1 is 1.50 bits per heavy atom. The van der Waals surface area contributed by atoms with Crippen LogP contribution in [0.5, 0.6) is 0 Å². The van der Waals surface area contributed by atoms with Gasteiger partial charge in [0.2, 0.25) is 0 Å². The topological polar surface area (TPSA) is 79.4 Å². The number of rotatable bonds is 3. The lowest BCUT2D eigenvalue weighted by Gasteiger charge is -2.16.